The normalized spacial score (nSPS) is 22.8. The Bertz CT molecular complexity index is 441. The highest BCUT2D eigenvalue weighted by molar-refractivity contribution is 5.78. The Balaban J connectivity index is 1.83. The summed E-state index contributed by atoms with van der Waals surface area (Å²) in [5, 5.41) is 12.4. The molecule has 5 heteroatoms. The summed E-state index contributed by atoms with van der Waals surface area (Å²) in [6.45, 7) is 3.12. The minimum absolute atomic E-state index is 0.0301. The van der Waals surface area contributed by atoms with Gasteiger partial charge in [0.15, 0.2) is 18.1 Å². The van der Waals surface area contributed by atoms with Crippen LogP contribution in [-0.4, -0.2) is 36.4 Å². The fourth-order valence-electron chi connectivity index (χ4n) is 2.13. The van der Waals surface area contributed by atoms with E-state index in [-0.39, 0.29) is 23.8 Å². The number of rotatable bonds is 4. The van der Waals surface area contributed by atoms with E-state index < -0.39 is 0 Å². The van der Waals surface area contributed by atoms with Crippen molar-refractivity contribution in [3.63, 3.8) is 0 Å². The maximum absolute atomic E-state index is 11.8. The highest BCUT2D eigenvalue weighted by atomic mass is 16.5. The predicted octanol–water partition coefficient (Wildman–Crippen LogP) is 1.46. The van der Waals surface area contributed by atoms with Gasteiger partial charge in [-0.2, -0.15) is 0 Å². The Hall–Kier alpha value is -1.75. The van der Waals surface area contributed by atoms with Crippen molar-refractivity contribution < 1.29 is 19.4 Å². The van der Waals surface area contributed by atoms with E-state index in [0.717, 1.165) is 19.4 Å². The zero-order valence-corrected chi connectivity index (χ0v) is 11.0. The first kappa shape index (κ1) is 13.7. The van der Waals surface area contributed by atoms with Crippen LogP contribution < -0.4 is 10.1 Å². The molecule has 104 valence electrons. The van der Waals surface area contributed by atoms with Crippen molar-refractivity contribution in [3.8, 4) is 11.5 Å². The molecule has 1 aromatic carbocycles. The quantitative estimate of drug-likeness (QED) is 0.864. The maximum Gasteiger partial charge on any atom is 0.258 e. The van der Waals surface area contributed by atoms with E-state index in [1.54, 1.807) is 18.2 Å². The summed E-state index contributed by atoms with van der Waals surface area (Å²) in [7, 11) is 0. The number of hydrogen-bond acceptors (Lipinski definition) is 4. The first-order valence-electron chi connectivity index (χ1n) is 6.39. The molecule has 0 spiro atoms. The summed E-state index contributed by atoms with van der Waals surface area (Å²) >= 11 is 0. The minimum atomic E-state index is -0.322. The molecular formula is C14H19NO4. The smallest absolute Gasteiger partial charge is 0.258 e. The number of nitrogens with one attached hydrogen (secondary N) is 1. The second kappa shape index (κ2) is 5.93. The molecule has 0 saturated carbocycles. The molecule has 2 N–H and O–H groups in total. The number of phenolic OH excluding ortho intramolecular Hbond substituents is 1. The molecule has 1 atom stereocenters. The van der Waals surface area contributed by atoms with Gasteiger partial charge in [0, 0.05) is 6.61 Å². The van der Waals surface area contributed by atoms with Gasteiger partial charge in [-0.1, -0.05) is 12.1 Å². The summed E-state index contributed by atoms with van der Waals surface area (Å²) in [5.74, 6) is 0.126. The number of benzene rings is 1. The molecule has 0 aliphatic carbocycles. The third-order valence-corrected chi connectivity index (χ3v) is 3.10. The highest BCUT2D eigenvalue weighted by Gasteiger charge is 2.29. The van der Waals surface area contributed by atoms with Gasteiger partial charge in [0.25, 0.3) is 5.91 Å². The van der Waals surface area contributed by atoms with Crippen molar-refractivity contribution in [2.75, 3.05) is 19.8 Å². The summed E-state index contributed by atoms with van der Waals surface area (Å²) in [6, 6.07) is 6.57. The lowest BCUT2D eigenvalue weighted by Gasteiger charge is -2.34. The molecule has 1 saturated heterocycles. The van der Waals surface area contributed by atoms with Crippen molar-refractivity contribution in [1.82, 2.24) is 5.32 Å². The SMILES string of the molecule is CC1(NC(=O)COc2ccccc2O)CCCOC1. The first-order valence-corrected chi connectivity index (χ1v) is 6.39. The maximum atomic E-state index is 11.8. The van der Waals surface area contributed by atoms with E-state index in [9.17, 15) is 9.90 Å². The average Bonchev–Trinajstić information content (AvgIpc) is 2.38. The lowest BCUT2D eigenvalue weighted by molar-refractivity contribution is -0.126. The predicted molar refractivity (Wildman–Crippen MR) is 70.2 cm³/mol. The Morgan fingerprint density at radius 2 is 2.32 bits per heavy atom. The van der Waals surface area contributed by atoms with E-state index in [4.69, 9.17) is 9.47 Å². The van der Waals surface area contributed by atoms with Gasteiger partial charge in [0.05, 0.1) is 12.1 Å². The van der Waals surface area contributed by atoms with Gasteiger partial charge in [-0.15, -0.1) is 0 Å². The van der Waals surface area contributed by atoms with Gasteiger partial charge >= 0.3 is 0 Å². The van der Waals surface area contributed by atoms with Crippen molar-refractivity contribution >= 4 is 5.91 Å². The third-order valence-electron chi connectivity index (χ3n) is 3.10. The van der Waals surface area contributed by atoms with Crippen LogP contribution in [0.25, 0.3) is 0 Å². The van der Waals surface area contributed by atoms with Gasteiger partial charge in [0.1, 0.15) is 0 Å². The minimum Gasteiger partial charge on any atom is -0.504 e. The van der Waals surface area contributed by atoms with E-state index in [1.165, 1.54) is 6.07 Å². The number of para-hydroxylation sites is 2. The van der Waals surface area contributed by atoms with Gasteiger partial charge in [-0.25, -0.2) is 0 Å². The Morgan fingerprint density at radius 3 is 3.00 bits per heavy atom. The lowest BCUT2D eigenvalue weighted by atomic mass is 9.95. The van der Waals surface area contributed by atoms with E-state index in [1.807, 2.05) is 6.92 Å². The molecule has 1 heterocycles. The number of hydrogen-bond donors (Lipinski definition) is 2. The number of carbonyl (C=O) groups excluding carboxylic acids is 1. The second-order valence-electron chi connectivity index (χ2n) is 5.02. The van der Waals surface area contributed by atoms with E-state index in [2.05, 4.69) is 5.32 Å². The van der Waals surface area contributed by atoms with Crippen LogP contribution in [0.2, 0.25) is 0 Å². The summed E-state index contributed by atoms with van der Waals surface area (Å²) in [6.07, 6.45) is 1.84. The number of aromatic hydroxyl groups is 1. The van der Waals surface area contributed by atoms with Crippen molar-refractivity contribution in [3.05, 3.63) is 24.3 Å². The van der Waals surface area contributed by atoms with Crippen molar-refractivity contribution in [1.29, 1.82) is 0 Å². The molecule has 1 amide bonds. The molecule has 5 nitrogen and oxygen atoms in total. The lowest BCUT2D eigenvalue weighted by Crippen LogP contribution is -2.52. The molecule has 1 aliphatic rings. The third kappa shape index (κ3) is 3.86. The molecule has 1 aromatic rings. The molecular weight excluding hydrogens is 246 g/mol. The number of carbonyl (C=O) groups is 1. The average molecular weight is 265 g/mol. The number of ether oxygens (including phenoxy) is 2. The highest BCUT2D eigenvalue weighted by Crippen LogP contribution is 2.24. The largest absolute Gasteiger partial charge is 0.504 e. The molecule has 1 aliphatic heterocycles. The zero-order valence-electron chi connectivity index (χ0n) is 11.0. The molecule has 1 fully saturated rings. The molecule has 1 unspecified atom stereocenters. The Labute approximate surface area is 112 Å². The van der Waals surface area contributed by atoms with Crippen LogP contribution in [0.15, 0.2) is 24.3 Å². The molecule has 0 radical (unpaired) electrons. The fraction of sp³-hybridized carbons (Fsp3) is 0.500. The van der Waals surface area contributed by atoms with Gasteiger partial charge in [-0.05, 0) is 31.9 Å². The van der Waals surface area contributed by atoms with Gasteiger partial charge < -0.3 is 19.9 Å². The number of phenols is 1. The van der Waals surface area contributed by atoms with Crippen molar-refractivity contribution in [2.24, 2.45) is 0 Å². The molecule has 0 bridgehead atoms. The number of amides is 1. The zero-order chi connectivity index (χ0) is 13.7. The molecule has 0 aromatic heterocycles. The Morgan fingerprint density at radius 1 is 1.53 bits per heavy atom. The van der Waals surface area contributed by atoms with Crippen LogP contribution in [0.1, 0.15) is 19.8 Å². The standard InChI is InChI=1S/C14H19NO4/c1-14(7-4-8-18-10-14)15-13(17)9-19-12-6-3-2-5-11(12)16/h2-3,5-6,16H,4,7-10H2,1H3,(H,15,17). The van der Waals surface area contributed by atoms with Crippen LogP contribution in [0.3, 0.4) is 0 Å². The summed E-state index contributed by atoms with van der Waals surface area (Å²) < 4.78 is 10.7. The van der Waals surface area contributed by atoms with Crippen LogP contribution in [0.4, 0.5) is 0 Å². The van der Waals surface area contributed by atoms with Crippen LogP contribution in [0, 0.1) is 0 Å². The fourth-order valence-corrected chi connectivity index (χ4v) is 2.13. The van der Waals surface area contributed by atoms with E-state index >= 15 is 0 Å². The molecule has 2 rings (SSSR count). The van der Waals surface area contributed by atoms with Crippen molar-refractivity contribution in [2.45, 2.75) is 25.3 Å². The monoisotopic (exact) mass is 265 g/mol. The van der Waals surface area contributed by atoms with E-state index in [0.29, 0.717) is 12.4 Å². The first-order chi connectivity index (χ1) is 9.09. The topological polar surface area (TPSA) is 67.8 Å². The second-order valence-corrected chi connectivity index (χ2v) is 5.02. The van der Waals surface area contributed by atoms with Gasteiger partial charge in [0.2, 0.25) is 0 Å². The van der Waals surface area contributed by atoms with Crippen LogP contribution in [-0.2, 0) is 9.53 Å². The van der Waals surface area contributed by atoms with Crippen LogP contribution >= 0.6 is 0 Å². The Kier molecular flexibility index (Phi) is 4.27. The van der Waals surface area contributed by atoms with Gasteiger partial charge in [-0.3, -0.25) is 4.79 Å². The summed E-state index contributed by atoms with van der Waals surface area (Å²) in [4.78, 5) is 11.8. The van der Waals surface area contributed by atoms with Crippen LogP contribution in [0.5, 0.6) is 11.5 Å². The molecule has 19 heavy (non-hydrogen) atoms. The summed E-state index contributed by atoms with van der Waals surface area (Å²) in [5.41, 5.74) is -0.322.